The van der Waals surface area contributed by atoms with Crippen molar-refractivity contribution in [2.24, 2.45) is 0 Å². The van der Waals surface area contributed by atoms with Gasteiger partial charge in [0.25, 0.3) is 0 Å². The Labute approximate surface area is 121 Å². The first-order valence-corrected chi connectivity index (χ1v) is 6.38. The molecule has 0 spiro atoms. The number of nitrogens with one attached hydrogen (secondary N) is 2. The second-order valence-electron chi connectivity index (χ2n) is 4.23. The van der Waals surface area contributed by atoms with E-state index in [1.165, 1.54) is 0 Å². The van der Waals surface area contributed by atoms with Crippen LogP contribution in [0.2, 0.25) is 0 Å². The molecule has 0 fully saturated rings. The molecule has 2 heterocycles. The van der Waals surface area contributed by atoms with Crippen molar-refractivity contribution in [3.05, 3.63) is 36.7 Å². The fraction of sp³-hybridized carbons (Fsp3) is 0.143. The molecular formula is C14H14N6O. The fourth-order valence-electron chi connectivity index (χ4n) is 1.87. The lowest BCUT2D eigenvalue weighted by Crippen LogP contribution is -2.03. The summed E-state index contributed by atoms with van der Waals surface area (Å²) in [4.78, 5) is 17.1. The van der Waals surface area contributed by atoms with Gasteiger partial charge in [-0.2, -0.15) is 9.97 Å². The molecule has 0 saturated carbocycles. The second kappa shape index (κ2) is 5.58. The van der Waals surface area contributed by atoms with E-state index in [-0.39, 0.29) is 0 Å². The van der Waals surface area contributed by atoms with Crippen molar-refractivity contribution in [1.29, 1.82) is 0 Å². The lowest BCUT2D eigenvalue weighted by atomic mass is 10.3. The molecule has 7 heteroatoms. The smallest absolute Gasteiger partial charge is 0.226 e. The van der Waals surface area contributed by atoms with Gasteiger partial charge in [0, 0.05) is 25.1 Å². The molecule has 0 aliphatic heterocycles. The Kier molecular flexibility index (Phi) is 3.46. The summed E-state index contributed by atoms with van der Waals surface area (Å²) in [5.74, 6) is 1.88. The summed E-state index contributed by atoms with van der Waals surface area (Å²) >= 11 is 0. The topological polar surface area (TPSA) is 84.9 Å². The molecule has 0 radical (unpaired) electrons. The monoisotopic (exact) mass is 282 g/mol. The van der Waals surface area contributed by atoms with Crippen LogP contribution in [0.4, 0.5) is 17.5 Å². The molecule has 0 aliphatic carbocycles. The van der Waals surface area contributed by atoms with Crippen LogP contribution in [0.25, 0.3) is 11.2 Å². The van der Waals surface area contributed by atoms with Crippen LogP contribution in [0.3, 0.4) is 0 Å². The normalized spacial score (nSPS) is 10.4. The van der Waals surface area contributed by atoms with E-state index in [4.69, 9.17) is 4.74 Å². The number of fused-ring (bicyclic) bond motifs is 1. The molecule has 21 heavy (non-hydrogen) atoms. The van der Waals surface area contributed by atoms with Crippen molar-refractivity contribution < 1.29 is 4.74 Å². The van der Waals surface area contributed by atoms with Crippen LogP contribution in [0.5, 0.6) is 5.75 Å². The van der Waals surface area contributed by atoms with Crippen LogP contribution in [-0.2, 0) is 0 Å². The number of methoxy groups -OCH3 is 1. The summed E-state index contributed by atoms with van der Waals surface area (Å²) < 4.78 is 5.14. The summed E-state index contributed by atoms with van der Waals surface area (Å²) in [6.07, 6.45) is 3.22. The van der Waals surface area contributed by atoms with Gasteiger partial charge in [0.05, 0.1) is 7.11 Å². The first kappa shape index (κ1) is 13.0. The van der Waals surface area contributed by atoms with E-state index in [9.17, 15) is 0 Å². The zero-order valence-electron chi connectivity index (χ0n) is 11.7. The van der Waals surface area contributed by atoms with E-state index < -0.39 is 0 Å². The first-order chi connectivity index (χ1) is 10.3. The third-order valence-electron chi connectivity index (χ3n) is 2.91. The summed E-state index contributed by atoms with van der Waals surface area (Å²) in [7, 11) is 3.39. The second-order valence-corrected chi connectivity index (χ2v) is 4.23. The highest BCUT2D eigenvalue weighted by molar-refractivity contribution is 5.85. The Bertz CT molecular complexity index is 759. The van der Waals surface area contributed by atoms with E-state index in [1.807, 2.05) is 24.3 Å². The van der Waals surface area contributed by atoms with E-state index in [0.29, 0.717) is 22.9 Å². The van der Waals surface area contributed by atoms with Crippen LogP contribution in [0, 0.1) is 0 Å². The maximum atomic E-state index is 5.14. The number of ether oxygens (including phenoxy) is 1. The predicted octanol–water partition coefficient (Wildman–Crippen LogP) is 2.21. The van der Waals surface area contributed by atoms with Gasteiger partial charge in [0.1, 0.15) is 5.75 Å². The van der Waals surface area contributed by atoms with Gasteiger partial charge in [0.15, 0.2) is 17.0 Å². The molecule has 0 bridgehead atoms. The maximum Gasteiger partial charge on any atom is 0.226 e. The van der Waals surface area contributed by atoms with Crippen LogP contribution < -0.4 is 15.4 Å². The van der Waals surface area contributed by atoms with E-state index in [2.05, 4.69) is 30.6 Å². The molecule has 7 nitrogen and oxygen atoms in total. The van der Waals surface area contributed by atoms with Crippen molar-refractivity contribution in [3.63, 3.8) is 0 Å². The van der Waals surface area contributed by atoms with Crippen molar-refractivity contribution in [2.75, 3.05) is 24.8 Å². The Balaban J connectivity index is 2.01. The highest BCUT2D eigenvalue weighted by Crippen LogP contribution is 2.23. The van der Waals surface area contributed by atoms with E-state index >= 15 is 0 Å². The van der Waals surface area contributed by atoms with Gasteiger partial charge < -0.3 is 15.4 Å². The molecule has 0 amide bonds. The molecule has 0 saturated heterocycles. The predicted molar refractivity (Wildman–Crippen MR) is 81.0 cm³/mol. The lowest BCUT2D eigenvalue weighted by Gasteiger charge is -2.09. The molecule has 0 aliphatic rings. The molecule has 2 aromatic heterocycles. The molecule has 0 atom stereocenters. The summed E-state index contributed by atoms with van der Waals surface area (Å²) in [5.41, 5.74) is 2.03. The van der Waals surface area contributed by atoms with Crippen LogP contribution >= 0.6 is 0 Å². The van der Waals surface area contributed by atoms with Crippen molar-refractivity contribution in [3.8, 4) is 5.75 Å². The summed E-state index contributed by atoms with van der Waals surface area (Å²) in [6, 6.07) is 7.55. The zero-order chi connectivity index (χ0) is 14.7. The van der Waals surface area contributed by atoms with Gasteiger partial charge >= 0.3 is 0 Å². The highest BCUT2D eigenvalue weighted by atomic mass is 16.5. The molecule has 2 N–H and O–H groups in total. The molecule has 3 rings (SSSR count). The van der Waals surface area contributed by atoms with Crippen LogP contribution in [0.15, 0.2) is 36.7 Å². The fourth-order valence-corrected chi connectivity index (χ4v) is 1.87. The van der Waals surface area contributed by atoms with Gasteiger partial charge in [-0.1, -0.05) is 0 Å². The molecular weight excluding hydrogens is 268 g/mol. The SMILES string of the molecule is CNc1nc(Nc2ccc(OC)cc2)c2nccnc2n1. The Hall–Kier alpha value is -2.96. The van der Waals surface area contributed by atoms with Crippen molar-refractivity contribution in [1.82, 2.24) is 19.9 Å². The van der Waals surface area contributed by atoms with Gasteiger partial charge in [-0.15, -0.1) is 0 Å². The zero-order valence-corrected chi connectivity index (χ0v) is 11.7. The van der Waals surface area contributed by atoms with Crippen LogP contribution in [-0.4, -0.2) is 34.1 Å². The summed E-state index contributed by atoms with van der Waals surface area (Å²) in [5, 5.41) is 6.14. The third kappa shape index (κ3) is 2.66. The lowest BCUT2D eigenvalue weighted by molar-refractivity contribution is 0.415. The average molecular weight is 282 g/mol. The minimum atomic E-state index is 0.485. The highest BCUT2D eigenvalue weighted by Gasteiger charge is 2.09. The number of hydrogen-bond acceptors (Lipinski definition) is 7. The minimum Gasteiger partial charge on any atom is -0.497 e. The van der Waals surface area contributed by atoms with Gasteiger partial charge in [0.2, 0.25) is 5.95 Å². The van der Waals surface area contributed by atoms with Crippen LogP contribution in [0.1, 0.15) is 0 Å². The molecule has 3 aromatic rings. The standard InChI is InChI=1S/C14H14N6O/c1-15-14-19-12-11(16-7-8-17-12)13(20-14)18-9-3-5-10(21-2)6-4-9/h3-8H,1-2H3,(H2,15,17,18,19,20). The first-order valence-electron chi connectivity index (χ1n) is 6.38. The van der Waals surface area contributed by atoms with E-state index in [1.54, 1.807) is 26.6 Å². The molecule has 1 aromatic carbocycles. The number of nitrogens with zero attached hydrogens (tertiary/aromatic N) is 4. The largest absolute Gasteiger partial charge is 0.497 e. The Morgan fingerprint density at radius 3 is 2.48 bits per heavy atom. The Morgan fingerprint density at radius 1 is 1.00 bits per heavy atom. The molecule has 0 unspecified atom stereocenters. The van der Waals surface area contributed by atoms with Gasteiger partial charge in [-0.25, -0.2) is 9.97 Å². The van der Waals surface area contributed by atoms with Gasteiger partial charge in [-0.3, -0.25) is 0 Å². The number of benzene rings is 1. The van der Waals surface area contributed by atoms with Crippen molar-refractivity contribution in [2.45, 2.75) is 0 Å². The number of hydrogen-bond donors (Lipinski definition) is 2. The quantitative estimate of drug-likeness (QED) is 0.758. The maximum absolute atomic E-state index is 5.14. The number of rotatable bonds is 4. The number of aromatic nitrogens is 4. The minimum absolute atomic E-state index is 0.485. The third-order valence-corrected chi connectivity index (χ3v) is 2.91. The van der Waals surface area contributed by atoms with E-state index in [0.717, 1.165) is 11.4 Å². The average Bonchev–Trinajstić information content (AvgIpc) is 2.55. The summed E-state index contributed by atoms with van der Waals surface area (Å²) in [6.45, 7) is 0. The van der Waals surface area contributed by atoms with Gasteiger partial charge in [-0.05, 0) is 24.3 Å². The van der Waals surface area contributed by atoms with Crippen molar-refractivity contribution >= 4 is 28.6 Å². The number of anilines is 3. The molecule has 106 valence electrons. The Morgan fingerprint density at radius 2 is 1.76 bits per heavy atom.